The van der Waals surface area contributed by atoms with Gasteiger partial charge in [0.05, 0.1) is 6.61 Å². The van der Waals surface area contributed by atoms with E-state index in [9.17, 15) is 4.79 Å². The van der Waals surface area contributed by atoms with Crippen molar-refractivity contribution in [2.75, 3.05) is 26.2 Å². The minimum atomic E-state index is 0.0896. The molecule has 4 heteroatoms. The van der Waals surface area contributed by atoms with Gasteiger partial charge in [-0.05, 0) is 30.9 Å². The van der Waals surface area contributed by atoms with Gasteiger partial charge in [0.1, 0.15) is 5.75 Å². The maximum absolute atomic E-state index is 11.1. The molecule has 1 unspecified atom stereocenters. The average Bonchev–Trinajstić information content (AvgIpc) is 2.49. The predicted octanol–water partition coefficient (Wildman–Crippen LogP) is 2.15. The van der Waals surface area contributed by atoms with Gasteiger partial charge in [-0.15, -0.1) is 0 Å². The van der Waals surface area contributed by atoms with Crippen LogP contribution in [0.25, 0.3) is 0 Å². The van der Waals surface area contributed by atoms with Gasteiger partial charge in [-0.3, -0.25) is 4.79 Å². The number of carbonyl (C=O) groups excluding carboxylic acids is 1. The number of nitrogens with one attached hydrogen (secondary N) is 1. The smallest absolute Gasteiger partial charge is 0.217 e. The second-order valence-electron chi connectivity index (χ2n) is 6.15. The molecular formula is C17H24N2O2. The molecule has 1 fully saturated rings. The zero-order chi connectivity index (χ0) is 14.7. The van der Waals surface area contributed by atoms with E-state index in [2.05, 4.69) is 28.4 Å². The van der Waals surface area contributed by atoms with Crippen LogP contribution >= 0.6 is 0 Å². The molecule has 0 aliphatic carbocycles. The minimum Gasteiger partial charge on any atom is -0.493 e. The van der Waals surface area contributed by atoms with Crippen LogP contribution in [0.5, 0.6) is 5.75 Å². The molecule has 2 aliphatic heterocycles. The summed E-state index contributed by atoms with van der Waals surface area (Å²) in [5, 5.41) is 3.04. The third kappa shape index (κ3) is 3.56. The molecule has 0 saturated carbocycles. The second kappa shape index (κ2) is 6.48. The summed E-state index contributed by atoms with van der Waals surface area (Å²) in [7, 11) is 0. The Morgan fingerprint density at radius 1 is 1.29 bits per heavy atom. The Balaban J connectivity index is 1.56. The normalized spacial score (nSPS) is 23.2. The van der Waals surface area contributed by atoms with Crippen molar-refractivity contribution in [1.29, 1.82) is 0 Å². The fourth-order valence-corrected chi connectivity index (χ4v) is 3.46. The highest BCUT2D eigenvalue weighted by Crippen LogP contribution is 2.34. The lowest BCUT2D eigenvalue weighted by atomic mass is 9.91. The van der Waals surface area contributed by atoms with Gasteiger partial charge in [-0.25, -0.2) is 0 Å². The number of hydrogen-bond acceptors (Lipinski definition) is 3. The number of carbonyl (C=O) groups is 1. The van der Waals surface area contributed by atoms with Gasteiger partial charge in [0.25, 0.3) is 0 Å². The minimum absolute atomic E-state index is 0.0896. The van der Waals surface area contributed by atoms with Crippen molar-refractivity contribution >= 4 is 5.91 Å². The summed E-state index contributed by atoms with van der Waals surface area (Å²) in [6.07, 6.45) is 3.22. The van der Waals surface area contributed by atoms with Crippen LogP contribution in [0.15, 0.2) is 24.3 Å². The number of hydrogen-bond donors (Lipinski definition) is 1. The van der Waals surface area contributed by atoms with Crippen LogP contribution < -0.4 is 10.1 Å². The van der Waals surface area contributed by atoms with E-state index in [1.165, 1.54) is 5.56 Å². The molecule has 0 bridgehead atoms. The van der Waals surface area contributed by atoms with E-state index in [1.54, 1.807) is 6.92 Å². The largest absolute Gasteiger partial charge is 0.493 e. The molecule has 21 heavy (non-hydrogen) atoms. The molecule has 114 valence electrons. The van der Waals surface area contributed by atoms with Crippen LogP contribution in [0.1, 0.15) is 37.7 Å². The van der Waals surface area contributed by atoms with Crippen LogP contribution in [-0.4, -0.2) is 43.1 Å². The van der Waals surface area contributed by atoms with E-state index in [0.29, 0.717) is 12.0 Å². The SMILES string of the molecule is CC(=O)NC1CCN(CC2CCOc3ccccc32)CC1. The second-order valence-corrected chi connectivity index (χ2v) is 6.15. The number of piperidine rings is 1. The molecule has 1 atom stereocenters. The zero-order valence-corrected chi connectivity index (χ0v) is 12.7. The van der Waals surface area contributed by atoms with Crippen LogP contribution in [0.4, 0.5) is 0 Å². The number of rotatable bonds is 3. The molecule has 1 aromatic carbocycles. The molecule has 1 saturated heterocycles. The Morgan fingerprint density at radius 2 is 2.05 bits per heavy atom. The Hall–Kier alpha value is -1.55. The van der Waals surface area contributed by atoms with Gasteiger partial charge in [0.15, 0.2) is 0 Å². The Bertz CT molecular complexity index is 495. The number of amides is 1. The first-order valence-corrected chi connectivity index (χ1v) is 7.93. The highest BCUT2D eigenvalue weighted by molar-refractivity contribution is 5.73. The lowest BCUT2D eigenvalue weighted by Gasteiger charge is -2.36. The van der Waals surface area contributed by atoms with E-state index in [0.717, 1.165) is 51.3 Å². The summed E-state index contributed by atoms with van der Waals surface area (Å²) >= 11 is 0. The first-order chi connectivity index (χ1) is 10.2. The number of para-hydroxylation sites is 1. The highest BCUT2D eigenvalue weighted by atomic mass is 16.5. The van der Waals surface area contributed by atoms with Crippen molar-refractivity contribution in [3.63, 3.8) is 0 Å². The number of nitrogens with zero attached hydrogens (tertiary/aromatic N) is 1. The Labute approximate surface area is 126 Å². The van der Waals surface area contributed by atoms with Crippen LogP contribution in [0, 0.1) is 0 Å². The van der Waals surface area contributed by atoms with E-state index >= 15 is 0 Å². The molecule has 2 aliphatic rings. The van der Waals surface area contributed by atoms with E-state index in [-0.39, 0.29) is 5.91 Å². The van der Waals surface area contributed by atoms with Gasteiger partial charge in [0, 0.05) is 38.5 Å². The lowest BCUT2D eigenvalue weighted by molar-refractivity contribution is -0.119. The summed E-state index contributed by atoms with van der Waals surface area (Å²) in [6, 6.07) is 8.78. The molecule has 1 aromatic rings. The quantitative estimate of drug-likeness (QED) is 0.926. The first kappa shape index (κ1) is 14.4. The first-order valence-electron chi connectivity index (χ1n) is 7.93. The van der Waals surface area contributed by atoms with Gasteiger partial charge < -0.3 is 15.0 Å². The fourth-order valence-electron chi connectivity index (χ4n) is 3.46. The van der Waals surface area contributed by atoms with E-state index < -0.39 is 0 Å². The molecule has 2 heterocycles. The Kier molecular flexibility index (Phi) is 4.44. The molecule has 1 amide bonds. The van der Waals surface area contributed by atoms with Crippen molar-refractivity contribution < 1.29 is 9.53 Å². The van der Waals surface area contributed by atoms with Gasteiger partial charge in [-0.2, -0.15) is 0 Å². The maximum Gasteiger partial charge on any atom is 0.217 e. The predicted molar refractivity (Wildman–Crippen MR) is 82.6 cm³/mol. The monoisotopic (exact) mass is 288 g/mol. The standard InChI is InChI=1S/C17H24N2O2/c1-13(20)18-15-6-9-19(10-7-15)12-14-8-11-21-17-5-3-2-4-16(14)17/h2-5,14-15H,6-12H2,1H3,(H,18,20). The van der Waals surface area contributed by atoms with Gasteiger partial charge in [0.2, 0.25) is 5.91 Å². The Morgan fingerprint density at radius 3 is 2.81 bits per heavy atom. The molecule has 1 N–H and O–H groups in total. The summed E-state index contributed by atoms with van der Waals surface area (Å²) < 4.78 is 5.74. The van der Waals surface area contributed by atoms with Crippen molar-refractivity contribution in [3.05, 3.63) is 29.8 Å². The van der Waals surface area contributed by atoms with Crippen molar-refractivity contribution in [1.82, 2.24) is 10.2 Å². The van der Waals surface area contributed by atoms with Crippen molar-refractivity contribution in [3.8, 4) is 5.75 Å². The molecule has 3 rings (SSSR count). The highest BCUT2D eigenvalue weighted by Gasteiger charge is 2.26. The number of likely N-dealkylation sites (tertiary alicyclic amines) is 1. The van der Waals surface area contributed by atoms with Crippen LogP contribution in [0.3, 0.4) is 0 Å². The summed E-state index contributed by atoms with van der Waals surface area (Å²) in [4.78, 5) is 13.6. The topological polar surface area (TPSA) is 41.6 Å². The number of fused-ring (bicyclic) bond motifs is 1. The number of ether oxygens (including phenoxy) is 1. The third-order valence-electron chi connectivity index (χ3n) is 4.56. The number of benzene rings is 1. The summed E-state index contributed by atoms with van der Waals surface area (Å²) in [5.74, 6) is 1.72. The van der Waals surface area contributed by atoms with Crippen molar-refractivity contribution in [2.45, 2.75) is 38.1 Å². The fraction of sp³-hybridized carbons (Fsp3) is 0.588. The molecule has 0 radical (unpaired) electrons. The summed E-state index contributed by atoms with van der Waals surface area (Å²) in [6.45, 7) is 5.68. The van der Waals surface area contributed by atoms with Crippen molar-refractivity contribution in [2.24, 2.45) is 0 Å². The molecule has 4 nitrogen and oxygen atoms in total. The maximum atomic E-state index is 11.1. The van der Waals surface area contributed by atoms with Gasteiger partial charge >= 0.3 is 0 Å². The molecule has 0 spiro atoms. The van der Waals surface area contributed by atoms with E-state index in [1.807, 2.05) is 6.07 Å². The zero-order valence-electron chi connectivity index (χ0n) is 12.7. The lowest BCUT2D eigenvalue weighted by Crippen LogP contribution is -2.45. The van der Waals surface area contributed by atoms with Crippen LogP contribution in [0.2, 0.25) is 0 Å². The van der Waals surface area contributed by atoms with E-state index in [4.69, 9.17) is 4.74 Å². The summed E-state index contributed by atoms with van der Waals surface area (Å²) in [5.41, 5.74) is 1.35. The molecule has 0 aromatic heterocycles. The van der Waals surface area contributed by atoms with Crippen LogP contribution in [-0.2, 0) is 4.79 Å². The average molecular weight is 288 g/mol. The third-order valence-corrected chi connectivity index (χ3v) is 4.56. The molecular weight excluding hydrogens is 264 g/mol. The van der Waals surface area contributed by atoms with Gasteiger partial charge in [-0.1, -0.05) is 18.2 Å².